The van der Waals surface area contributed by atoms with Gasteiger partial charge in [-0.25, -0.2) is 0 Å². The zero-order valence-electron chi connectivity index (χ0n) is 9.65. The predicted molar refractivity (Wildman–Crippen MR) is 64.7 cm³/mol. The Morgan fingerprint density at radius 3 is 3.06 bits per heavy atom. The molecule has 0 amide bonds. The maximum absolute atomic E-state index is 8.57. The molecule has 0 saturated heterocycles. The van der Waals surface area contributed by atoms with Gasteiger partial charge in [0.2, 0.25) is 0 Å². The lowest BCUT2D eigenvalue weighted by Crippen LogP contribution is -2.25. The van der Waals surface area contributed by atoms with Crippen molar-refractivity contribution >= 4 is 11.9 Å². The highest BCUT2D eigenvalue weighted by molar-refractivity contribution is 6.30. The highest BCUT2D eigenvalue weighted by Crippen LogP contribution is 2.27. The van der Waals surface area contributed by atoms with Crippen molar-refractivity contribution in [3.8, 4) is 0 Å². The Morgan fingerprint density at radius 2 is 2.41 bits per heavy atom. The van der Waals surface area contributed by atoms with Crippen LogP contribution in [0.5, 0.6) is 0 Å². The normalized spacial score (nSPS) is 24.9. The summed E-state index contributed by atoms with van der Waals surface area (Å²) in [4.78, 5) is 8.80. The first kappa shape index (κ1) is 11.7. The Labute approximate surface area is 99.9 Å². The molecule has 5 heteroatoms. The third-order valence-electron chi connectivity index (χ3n) is 2.81. The summed E-state index contributed by atoms with van der Waals surface area (Å²) >= 11 is 0. The molecule has 0 saturated carbocycles. The van der Waals surface area contributed by atoms with E-state index in [0.717, 1.165) is 17.8 Å². The van der Waals surface area contributed by atoms with E-state index in [-0.39, 0.29) is 12.1 Å². The fourth-order valence-electron chi connectivity index (χ4n) is 1.96. The van der Waals surface area contributed by atoms with Crippen LogP contribution in [0.1, 0.15) is 24.6 Å². The second-order valence-electron chi connectivity index (χ2n) is 3.93. The van der Waals surface area contributed by atoms with Gasteiger partial charge in [0.15, 0.2) is 0 Å². The highest BCUT2D eigenvalue weighted by atomic mass is 16.5. The zero-order chi connectivity index (χ0) is 12.1. The Balaban J connectivity index is 2.24. The van der Waals surface area contributed by atoms with E-state index in [1.165, 1.54) is 6.21 Å². The average molecular weight is 233 g/mol. The van der Waals surface area contributed by atoms with Crippen LogP contribution in [0, 0.1) is 0 Å². The molecule has 0 radical (unpaired) electrons. The fourth-order valence-corrected chi connectivity index (χ4v) is 1.96. The Hall–Kier alpha value is -1.75. The molecule has 2 heterocycles. The molecule has 1 aromatic rings. The zero-order valence-corrected chi connectivity index (χ0v) is 9.65. The van der Waals surface area contributed by atoms with E-state index in [4.69, 9.17) is 9.94 Å². The van der Waals surface area contributed by atoms with Gasteiger partial charge in [0.05, 0.1) is 29.8 Å². The van der Waals surface area contributed by atoms with E-state index < -0.39 is 0 Å². The van der Waals surface area contributed by atoms with Crippen molar-refractivity contribution in [2.75, 3.05) is 7.11 Å². The molecule has 0 aliphatic carbocycles. The molecule has 5 nitrogen and oxygen atoms in total. The minimum Gasteiger partial charge on any atom is -0.411 e. The van der Waals surface area contributed by atoms with Crippen LogP contribution >= 0.6 is 0 Å². The number of ether oxygens (including phenoxy) is 1. The van der Waals surface area contributed by atoms with Gasteiger partial charge in [-0.1, -0.05) is 11.2 Å². The van der Waals surface area contributed by atoms with E-state index in [2.05, 4.69) is 15.1 Å². The number of hydrogen-bond donors (Lipinski definition) is 1. The Morgan fingerprint density at radius 1 is 1.53 bits per heavy atom. The lowest BCUT2D eigenvalue weighted by molar-refractivity contribution is 0.0909. The number of pyridine rings is 1. The van der Waals surface area contributed by atoms with Crippen molar-refractivity contribution in [2.24, 2.45) is 10.1 Å². The molecule has 17 heavy (non-hydrogen) atoms. The minimum absolute atomic E-state index is 0.0251. The third kappa shape index (κ3) is 2.88. The maximum atomic E-state index is 8.57. The van der Waals surface area contributed by atoms with Gasteiger partial charge in [-0.2, -0.15) is 0 Å². The summed E-state index contributed by atoms with van der Waals surface area (Å²) in [7, 11) is 1.68. The van der Waals surface area contributed by atoms with Crippen molar-refractivity contribution in [1.29, 1.82) is 0 Å². The van der Waals surface area contributed by atoms with E-state index in [0.29, 0.717) is 6.42 Å². The van der Waals surface area contributed by atoms with Crippen LogP contribution in [-0.4, -0.2) is 35.3 Å². The molecular formula is C12H15N3O2. The molecule has 1 aliphatic rings. The minimum atomic E-state index is -0.0251. The molecule has 2 atom stereocenters. The predicted octanol–water partition coefficient (Wildman–Crippen LogP) is 1.83. The summed E-state index contributed by atoms with van der Waals surface area (Å²) in [5.74, 6) is 0. The molecule has 0 bridgehead atoms. The van der Waals surface area contributed by atoms with Crippen molar-refractivity contribution in [3.63, 3.8) is 0 Å². The van der Waals surface area contributed by atoms with Gasteiger partial charge in [-0.05, 0) is 12.1 Å². The van der Waals surface area contributed by atoms with Gasteiger partial charge >= 0.3 is 0 Å². The number of methoxy groups -OCH3 is 1. The van der Waals surface area contributed by atoms with E-state index in [1.807, 2.05) is 18.2 Å². The topological polar surface area (TPSA) is 67.1 Å². The van der Waals surface area contributed by atoms with Crippen molar-refractivity contribution in [2.45, 2.75) is 25.0 Å². The Bertz CT molecular complexity index is 417. The first-order valence-corrected chi connectivity index (χ1v) is 5.51. The van der Waals surface area contributed by atoms with Gasteiger partial charge < -0.3 is 9.94 Å². The Kier molecular flexibility index (Phi) is 3.82. The maximum Gasteiger partial charge on any atom is 0.0948 e. The first-order chi connectivity index (χ1) is 8.33. The lowest BCUT2D eigenvalue weighted by atomic mass is 9.97. The van der Waals surface area contributed by atoms with Gasteiger partial charge in [0, 0.05) is 26.1 Å². The lowest BCUT2D eigenvalue weighted by Gasteiger charge is -2.25. The van der Waals surface area contributed by atoms with E-state index in [1.54, 1.807) is 13.3 Å². The van der Waals surface area contributed by atoms with Gasteiger partial charge in [-0.15, -0.1) is 0 Å². The molecule has 2 rings (SSSR count). The van der Waals surface area contributed by atoms with Gasteiger partial charge in [0.25, 0.3) is 0 Å². The molecular weight excluding hydrogens is 218 g/mol. The summed E-state index contributed by atoms with van der Waals surface area (Å²) < 4.78 is 5.37. The smallest absolute Gasteiger partial charge is 0.0948 e. The van der Waals surface area contributed by atoms with Crippen LogP contribution in [0.25, 0.3) is 0 Å². The van der Waals surface area contributed by atoms with Gasteiger partial charge in [0.1, 0.15) is 0 Å². The van der Waals surface area contributed by atoms with Crippen LogP contribution in [0.4, 0.5) is 0 Å². The van der Waals surface area contributed by atoms with Crippen LogP contribution in [-0.2, 0) is 4.74 Å². The second-order valence-corrected chi connectivity index (χ2v) is 3.93. The van der Waals surface area contributed by atoms with Crippen molar-refractivity contribution in [1.82, 2.24) is 4.98 Å². The number of nitrogens with zero attached hydrogens (tertiary/aromatic N) is 3. The van der Waals surface area contributed by atoms with Gasteiger partial charge in [-0.3, -0.25) is 9.98 Å². The third-order valence-corrected chi connectivity index (χ3v) is 2.81. The molecule has 90 valence electrons. The van der Waals surface area contributed by atoms with Crippen LogP contribution in [0.2, 0.25) is 0 Å². The summed E-state index contributed by atoms with van der Waals surface area (Å²) in [5, 5.41) is 11.6. The SMILES string of the molecule is COC1CC(C=NO)=NC(c2ccccn2)C1. The number of oxime groups is 1. The molecule has 0 aromatic carbocycles. The number of aromatic nitrogens is 1. The fraction of sp³-hybridized carbons (Fsp3) is 0.417. The van der Waals surface area contributed by atoms with Crippen molar-refractivity contribution in [3.05, 3.63) is 30.1 Å². The average Bonchev–Trinajstić information content (AvgIpc) is 2.40. The molecule has 0 spiro atoms. The molecule has 1 aliphatic heterocycles. The summed E-state index contributed by atoms with van der Waals surface area (Å²) in [6.45, 7) is 0. The van der Waals surface area contributed by atoms with Crippen LogP contribution < -0.4 is 0 Å². The summed E-state index contributed by atoms with van der Waals surface area (Å²) in [5.41, 5.74) is 1.65. The second kappa shape index (κ2) is 5.54. The summed E-state index contributed by atoms with van der Waals surface area (Å²) in [6.07, 6.45) is 4.68. The number of aliphatic imine (C=N–C) groups is 1. The number of hydrogen-bond acceptors (Lipinski definition) is 5. The largest absolute Gasteiger partial charge is 0.411 e. The first-order valence-electron chi connectivity index (χ1n) is 5.51. The van der Waals surface area contributed by atoms with E-state index in [9.17, 15) is 0 Å². The standard InChI is InChI=1S/C12H15N3O2/c1-17-10-6-9(8-14-16)15-12(7-10)11-4-2-3-5-13-11/h2-5,8,10,12,16H,6-7H2,1H3. The summed E-state index contributed by atoms with van der Waals surface area (Å²) in [6, 6.07) is 5.73. The number of rotatable bonds is 3. The monoisotopic (exact) mass is 233 g/mol. The molecule has 2 unspecified atom stereocenters. The quantitative estimate of drug-likeness (QED) is 0.492. The van der Waals surface area contributed by atoms with Crippen LogP contribution in [0.15, 0.2) is 34.5 Å². The van der Waals surface area contributed by atoms with E-state index >= 15 is 0 Å². The highest BCUT2D eigenvalue weighted by Gasteiger charge is 2.24. The molecule has 1 aromatic heterocycles. The molecule has 0 fully saturated rings. The van der Waals surface area contributed by atoms with Crippen LogP contribution in [0.3, 0.4) is 0 Å². The van der Waals surface area contributed by atoms with Crippen molar-refractivity contribution < 1.29 is 9.94 Å². The molecule has 1 N–H and O–H groups in total.